The fraction of sp³-hybridized carbons (Fsp3) is 0.310. The van der Waals surface area contributed by atoms with Gasteiger partial charge in [0, 0.05) is 75.0 Å². The van der Waals surface area contributed by atoms with Crippen LogP contribution in [0.2, 0.25) is 0 Å². The van der Waals surface area contributed by atoms with Crippen molar-refractivity contribution in [3.05, 3.63) is 241 Å². The second-order valence-corrected chi connectivity index (χ2v) is 38.4. The molecule has 2 aromatic heterocycles. The van der Waals surface area contributed by atoms with Crippen LogP contribution in [0.5, 0.6) is 46.0 Å². The Hall–Kier alpha value is -9.18. The predicted molar refractivity (Wildman–Crippen MR) is 491 cm³/mol. The number of para-hydroxylation sites is 5. The number of aromatic nitrogens is 2. The molecule has 0 bridgehead atoms. The van der Waals surface area contributed by atoms with Gasteiger partial charge in [-0.15, -0.1) is 23.1 Å². The Kier molecular flexibility index (Phi) is 39.7. The van der Waals surface area contributed by atoms with Crippen molar-refractivity contribution in [3.63, 3.8) is 0 Å². The number of halogens is 3. The molecule has 0 aliphatic rings. The van der Waals surface area contributed by atoms with Crippen LogP contribution in [-0.4, -0.2) is 114 Å². The number of hydrogen-bond donors (Lipinski definition) is 9. The van der Waals surface area contributed by atoms with E-state index in [-0.39, 0.29) is 54.1 Å². The molecule has 0 fully saturated rings. The number of primary sulfonamides is 4. The second-order valence-electron chi connectivity index (χ2n) is 27.9. The van der Waals surface area contributed by atoms with Crippen LogP contribution in [-0.2, 0) is 63.9 Å². The summed E-state index contributed by atoms with van der Waals surface area (Å²) in [6.07, 6.45) is 4.27. The number of alkyl halides is 3. The molecular weight excluding hydrogens is 1720 g/mol. The van der Waals surface area contributed by atoms with Crippen LogP contribution in [0.1, 0.15) is 108 Å². The number of thioether (sulfide) groups is 3. The minimum atomic E-state index is -4.22. The normalized spacial score (nSPS) is 11.6. The third-order valence-corrected chi connectivity index (χ3v) is 25.4. The van der Waals surface area contributed by atoms with Crippen molar-refractivity contribution in [3.8, 4) is 46.0 Å². The van der Waals surface area contributed by atoms with Crippen molar-refractivity contribution < 1.29 is 65.8 Å². The number of nitrogens with two attached hydrogens (primary N) is 4. The van der Waals surface area contributed by atoms with E-state index in [2.05, 4.69) is 62.2 Å². The largest absolute Gasteiger partial charge is 0.454 e. The lowest BCUT2D eigenvalue weighted by atomic mass is 10.1. The molecule has 9 aromatic carbocycles. The van der Waals surface area contributed by atoms with E-state index < -0.39 is 52.7 Å². The first kappa shape index (κ1) is 98.3. The van der Waals surface area contributed by atoms with E-state index in [9.17, 15) is 46.8 Å². The highest BCUT2D eigenvalue weighted by Crippen LogP contribution is 2.44. The van der Waals surface area contributed by atoms with Crippen molar-refractivity contribution in [1.29, 1.82) is 0 Å². The lowest BCUT2D eigenvalue weighted by molar-refractivity contribution is -0.129. The summed E-state index contributed by atoms with van der Waals surface area (Å²) in [5.41, 5.74) is 6.25. The summed E-state index contributed by atoms with van der Waals surface area (Å²) >= 11 is 5.79. The molecular formula is C87H107F3N12O12S8. The number of fused-ring (bicyclic) bond motifs is 1. The second kappa shape index (κ2) is 49.3. The molecule has 0 aliphatic heterocycles. The first-order chi connectivity index (χ1) is 58.3. The first-order valence-corrected chi connectivity index (χ1v) is 49.6. The van der Waals surface area contributed by atoms with Gasteiger partial charge in [-0.1, -0.05) is 156 Å². The fourth-order valence-electron chi connectivity index (χ4n) is 11.4. The average molecular weight is 1830 g/mol. The van der Waals surface area contributed by atoms with Crippen molar-refractivity contribution in [2.75, 3.05) is 80.4 Å². The number of benzene rings is 9. The molecule has 35 heteroatoms. The molecule has 122 heavy (non-hydrogen) atoms. The molecule has 0 unspecified atom stereocenters. The number of sulfonamides is 4. The lowest BCUT2D eigenvalue weighted by Gasteiger charge is -2.18. The molecule has 0 amide bonds. The number of likely N-dealkylation sites (N-methyl/N-ethyl adjacent to an activating group) is 1. The smallest absolute Gasteiger partial charge is 0.389 e. The number of anilines is 4. The maximum atomic E-state index is 12.5. The average Bonchev–Trinajstić information content (AvgIpc) is 0.815. The van der Waals surface area contributed by atoms with Gasteiger partial charge >= 0.3 is 6.18 Å². The number of ether oxygens (including phenoxy) is 4. The van der Waals surface area contributed by atoms with Crippen LogP contribution >= 0.6 is 46.6 Å². The molecule has 0 aliphatic carbocycles. The highest BCUT2D eigenvalue weighted by Gasteiger charge is 2.29. The first-order valence-electron chi connectivity index (χ1n) is 39.5. The number of nitrogens with one attached hydrogen (secondary N) is 5. The zero-order valence-electron chi connectivity index (χ0n) is 68.9. The highest BCUT2D eigenvalue weighted by atomic mass is 32.2. The summed E-state index contributed by atoms with van der Waals surface area (Å²) < 4.78 is 162. The molecule has 0 saturated carbocycles. The van der Waals surface area contributed by atoms with Gasteiger partial charge in [0.05, 0.1) is 44.4 Å². The van der Waals surface area contributed by atoms with Crippen LogP contribution in [0, 0.1) is 0 Å². The summed E-state index contributed by atoms with van der Waals surface area (Å²) in [7, 11) is -12.1. The van der Waals surface area contributed by atoms with Crippen LogP contribution in [0.3, 0.4) is 0 Å². The van der Waals surface area contributed by atoms with Gasteiger partial charge in [-0.3, -0.25) is 0 Å². The fourth-order valence-corrected chi connectivity index (χ4v) is 18.0. The molecule has 0 radical (unpaired) electrons. The minimum absolute atomic E-state index is 0.0211. The Bertz CT molecular complexity index is 5520. The van der Waals surface area contributed by atoms with E-state index in [4.69, 9.17) is 39.5 Å². The number of rotatable bonds is 43. The molecule has 11 rings (SSSR count). The molecule has 656 valence electrons. The van der Waals surface area contributed by atoms with E-state index in [1.165, 1.54) is 17.8 Å². The van der Waals surface area contributed by atoms with Gasteiger partial charge in [-0.05, 0) is 183 Å². The summed E-state index contributed by atoms with van der Waals surface area (Å²) in [5.74, 6) is 4.00. The van der Waals surface area contributed by atoms with Gasteiger partial charge in [0.15, 0.2) is 27.3 Å². The minimum Gasteiger partial charge on any atom is -0.454 e. The van der Waals surface area contributed by atoms with Crippen molar-refractivity contribution >= 4 is 120 Å². The Labute approximate surface area is 732 Å². The SMILES string of the molecule is CCCCNc1cc(CNCCN(C)C)cc(S(N)(=O)=O)c1Oc1ccccc1.CCCCNc1cc(CSCCC(F)(F)F)cc(S(N)(=O)=O)c1Oc1ccccc1.CCCCNc1cc(CSc2ccccn2)cc(S(N)(=O)=O)c1Oc1ccccc1.CCCCNc1cc(CSc2nc3ccccc3s2)cc(S(N)(=O)=O)c1Oc1ccccc1. The lowest BCUT2D eigenvalue weighted by Crippen LogP contribution is -2.26. The van der Waals surface area contributed by atoms with Gasteiger partial charge in [-0.2, -0.15) is 24.9 Å². The van der Waals surface area contributed by atoms with E-state index in [1.807, 2.05) is 136 Å². The Morgan fingerprint density at radius 1 is 0.426 bits per heavy atom. The maximum absolute atomic E-state index is 12.5. The van der Waals surface area contributed by atoms with Crippen LogP contribution in [0.15, 0.2) is 247 Å². The monoisotopic (exact) mass is 1820 g/mol. The summed E-state index contributed by atoms with van der Waals surface area (Å²) in [5, 5.41) is 39.5. The van der Waals surface area contributed by atoms with E-state index in [0.29, 0.717) is 95.5 Å². The summed E-state index contributed by atoms with van der Waals surface area (Å²) in [6, 6.07) is 63.2. The topological polar surface area (TPSA) is 367 Å². The molecule has 0 spiro atoms. The number of hydrogen-bond acceptors (Lipinski definition) is 24. The molecule has 11 aromatic rings. The van der Waals surface area contributed by atoms with E-state index in [0.717, 1.165) is 112 Å². The van der Waals surface area contributed by atoms with Crippen molar-refractivity contribution in [1.82, 2.24) is 20.2 Å². The molecule has 13 N–H and O–H groups in total. The zero-order chi connectivity index (χ0) is 88.1. The van der Waals surface area contributed by atoms with Gasteiger partial charge < -0.3 is 50.4 Å². The molecule has 2 heterocycles. The molecule has 0 saturated heterocycles. The van der Waals surface area contributed by atoms with E-state index in [1.54, 1.807) is 120 Å². The van der Waals surface area contributed by atoms with Crippen LogP contribution < -0.4 is 66.1 Å². The van der Waals surface area contributed by atoms with Gasteiger partial charge in [0.1, 0.15) is 42.6 Å². The van der Waals surface area contributed by atoms with Gasteiger partial charge in [0.2, 0.25) is 40.1 Å². The Balaban J connectivity index is 0.000000202. The quantitative estimate of drug-likeness (QED) is 0.0127. The summed E-state index contributed by atoms with van der Waals surface area (Å²) in [4.78, 5) is 10.7. The number of pyridine rings is 1. The van der Waals surface area contributed by atoms with Gasteiger partial charge in [-0.25, -0.2) is 64.2 Å². The Morgan fingerprint density at radius 3 is 1.11 bits per heavy atom. The molecule has 24 nitrogen and oxygen atoms in total. The van der Waals surface area contributed by atoms with Crippen LogP contribution in [0.4, 0.5) is 35.9 Å². The number of unbranched alkanes of at least 4 members (excludes halogenated alkanes) is 4. The maximum Gasteiger partial charge on any atom is 0.389 e. The Morgan fingerprint density at radius 2 is 0.770 bits per heavy atom. The van der Waals surface area contributed by atoms with E-state index >= 15 is 0 Å². The third kappa shape index (κ3) is 33.8. The van der Waals surface area contributed by atoms with Crippen molar-refractivity contribution in [2.45, 2.75) is 144 Å². The van der Waals surface area contributed by atoms with Crippen LogP contribution in [0.25, 0.3) is 10.2 Å². The predicted octanol–water partition coefficient (Wildman–Crippen LogP) is 19.8. The number of nitrogens with zero attached hydrogens (tertiary/aromatic N) is 3. The standard InChI is InChI=1S/C24H25N3O3S3.C22H25N3O3S2.C21H32N4O3S.C20H25F3N2O3S2/c1-2-3-13-26-20-14-17(16-31-24-27-19-11-7-8-12-21(19)32-24)15-22(33(25,28)29)23(20)30-18-9-5-4-6-10-18;1-2-3-12-24-19-14-17(16-29-21-11-7-8-13-25-21)15-20(30(23,26)27)22(19)28-18-9-5-4-6-10-18;1-4-5-11-24-19-14-17(16-23-12-13-25(2)3)15-20(29(22,26)27)21(19)28-18-9-7-6-8-10-18;1-2-3-10-25-17-12-15(14-29-11-9-20(21,22)23)13-18(30(24,26)27)19(17)28-16-7-5-4-6-8-16/h4-12,14-15,26H,2-3,13,16H2,1H3,(H2,25,28,29);4-11,13-15,24H,2-3,12,16H2,1H3,(H2,23,26,27);6-10,14-15,23-24H,4-5,11-13,16H2,1-3H3,(H2,22,26,27);4-8,12-13,25H,2-3,9-11,14H2,1H3,(H2,24,26,27). The highest BCUT2D eigenvalue weighted by molar-refractivity contribution is 8.00. The third-order valence-electron chi connectivity index (χ3n) is 17.4. The van der Waals surface area contributed by atoms with Crippen molar-refractivity contribution in [2.24, 2.45) is 20.6 Å². The van der Waals surface area contributed by atoms with Gasteiger partial charge in [0.25, 0.3) is 0 Å². The summed E-state index contributed by atoms with van der Waals surface area (Å²) in [6.45, 7) is 13.2. The zero-order valence-corrected chi connectivity index (χ0v) is 75.4. The number of thiazole rings is 1. The molecule has 0 atom stereocenters.